The molecule has 1 aromatic rings. The molecule has 0 aromatic heterocycles. The van der Waals surface area contributed by atoms with Crippen molar-refractivity contribution in [2.75, 3.05) is 13.2 Å². The molecule has 0 amide bonds. The van der Waals surface area contributed by atoms with Gasteiger partial charge in [0.1, 0.15) is 6.04 Å². The summed E-state index contributed by atoms with van der Waals surface area (Å²) in [6, 6.07) is 0.790. The van der Waals surface area contributed by atoms with Crippen molar-refractivity contribution >= 4 is 5.97 Å². The van der Waals surface area contributed by atoms with E-state index in [1.165, 1.54) is 6.07 Å². The lowest BCUT2D eigenvalue weighted by atomic mass is 9.96. The summed E-state index contributed by atoms with van der Waals surface area (Å²) in [6.45, 7) is 1.41. The zero-order valence-corrected chi connectivity index (χ0v) is 10.9. The van der Waals surface area contributed by atoms with Crippen molar-refractivity contribution in [2.24, 2.45) is 5.73 Å². The predicted molar refractivity (Wildman–Crippen MR) is 66.2 cm³/mol. The molecule has 1 atom stereocenters. The molecule has 1 heterocycles. The summed E-state index contributed by atoms with van der Waals surface area (Å²) in [6.07, 6.45) is 0.618. The van der Waals surface area contributed by atoms with Gasteiger partial charge < -0.3 is 20.3 Å². The van der Waals surface area contributed by atoms with Crippen LogP contribution in [0.1, 0.15) is 30.5 Å². The first-order valence-electron chi connectivity index (χ1n) is 6.11. The number of alkyl halides is 2. The number of ether oxygens (including phenoxy) is 2. The van der Waals surface area contributed by atoms with E-state index in [9.17, 15) is 13.6 Å². The van der Waals surface area contributed by atoms with Gasteiger partial charge in [-0.05, 0) is 17.7 Å². The number of carboxylic acid groups (broad SMARTS) is 1. The van der Waals surface area contributed by atoms with E-state index in [4.69, 9.17) is 20.3 Å². The Balaban J connectivity index is 2.58. The summed E-state index contributed by atoms with van der Waals surface area (Å²) < 4.78 is 38.0. The molecule has 0 saturated carbocycles. The molecule has 5 nitrogen and oxygen atoms in total. The highest BCUT2D eigenvalue weighted by Gasteiger charge is 2.33. The Kier molecular flexibility index (Phi) is 3.80. The summed E-state index contributed by atoms with van der Waals surface area (Å²) in [4.78, 5) is 11.0. The molecular formula is C13H15F2NO4. The van der Waals surface area contributed by atoms with E-state index in [1.807, 2.05) is 0 Å². The molecule has 0 aliphatic carbocycles. The Morgan fingerprint density at radius 3 is 2.40 bits per heavy atom. The van der Waals surface area contributed by atoms with E-state index in [2.05, 4.69) is 0 Å². The fourth-order valence-corrected chi connectivity index (χ4v) is 1.99. The van der Waals surface area contributed by atoms with Gasteiger partial charge in [0.15, 0.2) is 11.5 Å². The van der Waals surface area contributed by atoms with Crippen molar-refractivity contribution in [3.05, 3.63) is 23.3 Å². The Labute approximate surface area is 114 Å². The van der Waals surface area contributed by atoms with E-state index in [0.717, 1.165) is 6.07 Å². The number of fused-ring (bicyclic) bond motifs is 1. The molecule has 1 unspecified atom stereocenters. The van der Waals surface area contributed by atoms with Crippen LogP contribution in [0.4, 0.5) is 8.78 Å². The SMILES string of the molecule is CC(F)(F)c1cc2c(cc1C(N)C(=O)O)OCCCO2. The molecule has 110 valence electrons. The maximum Gasteiger partial charge on any atom is 0.325 e. The monoisotopic (exact) mass is 287 g/mol. The molecular weight excluding hydrogens is 272 g/mol. The van der Waals surface area contributed by atoms with Crippen LogP contribution in [0.3, 0.4) is 0 Å². The van der Waals surface area contributed by atoms with Crippen LogP contribution >= 0.6 is 0 Å². The number of aliphatic carboxylic acids is 1. The standard InChI is InChI=1S/C13H15F2NO4/c1-13(14,15)8-6-10-9(19-3-2-4-20-10)5-7(8)11(16)12(17)18/h5-6,11H,2-4,16H2,1H3,(H,17,18). The minimum Gasteiger partial charge on any atom is -0.490 e. The highest BCUT2D eigenvalue weighted by atomic mass is 19.3. The number of rotatable bonds is 3. The van der Waals surface area contributed by atoms with E-state index in [0.29, 0.717) is 26.6 Å². The quantitative estimate of drug-likeness (QED) is 0.889. The average Bonchev–Trinajstić information content (AvgIpc) is 2.59. The predicted octanol–water partition coefficient (Wildman–Crippen LogP) is 2.04. The second-order valence-electron chi connectivity index (χ2n) is 4.64. The van der Waals surface area contributed by atoms with Gasteiger partial charge in [-0.15, -0.1) is 0 Å². The maximum absolute atomic E-state index is 13.7. The van der Waals surface area contributed by atoms with E-state index < -0.39 is 23.5 Å². The van der Waals surface area contributed by atoms with Crippen molar-refractivity contribution < 1.29 is 28.2 Å². The molecule has 7 heteroatoms. The fraction of sp³-hybridized carbons (Fsp3) is 0.462. The Hall–Kier alpha value is -1.89. The van der Waals surface area contributed by atoms with Crippen LogP contribution in [0.15, 0.2) is 12.1 Å². The zero-order chi connectivity index (χ0) is 14.9. The lowest BCUT2D eigenvalue weighted by Crippen LogP contribution is -2.25. The molecule has 20 heavy (non-hydrogen) atoms. The van der Waals surface area contributed by atoms with Crippen LogP contribution in [0.2, 0.25) is 0 Å². The maximum atomic E-state index is 13.7. The average molecular weight is 287 g/mol. The first-order valence-corrected chi connectivity index (χ1v) is 6.11. The molecule has 0 radical (unpaired) electrons. The van der Waals surface area contributed by atoms with Crippen molar-refractivity contribution in [3.8, 4) is 11.5 Å². The topological polar surface area (TPSA) is 81.8 Å². The molecule has 0 spiro atoms. The highest BCUT2D eigenvalue weighted by Crippen LogP contribution is 2.40. The number of halogens is 2. The lowest BCUT2D eigenvalue weighted by molar-refractivity contribution is -0.138. The summed E-state index contributed by atoms with van der Waals surface area (Å²) in [5, 5.41) is 8.94. The van der Waals surface area contributed by atoms with Crippen LogP contribution < -0.4 is 15.2 Å². The summed E-state index contributed by atoms with van der Waals surface area (Å²) in [5.74, 6) is -4.19. The Morgan fingerprint density at radius 1 is 1.35 bits per heavy atom. The third-order valence-electron chi connectivity index (χ3n) is 2.99. The fourth-order valence-electron chi connectivity index (χ4n) is 1.99. The molecule has 1 aromatic carbocycles. The Bertz CT molecular complexity index is 528. The number of carbonyl (C=O) groups is 1. The molecule has 0 saturated heterocycles. The third-order valence-corrected chi connectivity index (χ3v) is 2.99. The molecule has 3 N–H and O–H groups in total. The summed E-state index contributed by atoms with van der Waals surface area (Å²) in [7, 11) is 0. The number of hydrogen-bond donors (Lipinski definition) is 2. The van der Waals surface area contributed by atoms with E-state index in [1.54, 1.807) is 0 Å². The largest absolute Gasteiger partial charge is 0.490 e. The molecule has 1 aliphatic heterocycles. The highest BCUT2D eigenvalue weighted by molar-refractivity contribution is 5.76. The summed E-state index contributed by atoms with van der Waals surface area (Å²) >= 11 is 0. The van der Waals surface area contributed by atoms with Gasteiger partial charge in [-0.2, -0.15) is 0 Å². The third kappa shape index (κ3) is 2.82. The molecule has 0 bridgehead atoms. The van der Waals surface area contributed by atoms with Gasteiger partial charge in [0, 0.05) is 18.9 Å². The van der Waals surface area contributed by atoms with Gasteiger partial charge in [0.05, 0.1) is 13.2 Å². The molecule has 0 fully saturated rings. The van der Waals surface area contributed by atoms with Crippen LogP contribution in [-0.4, -0.2) is 24.3 Å². The number of hydrogen-bond acceptors (Lipinski definition) is 4. The first-order chi connectivity index (χ1) is 9.30. The van der Waals surface area contributed by atoms with Crippen LogP contribution in [0.5, 0.6) is 11.5 Å². The van der Waals surface area contributed by atoms with Gasteiger partial charge >= 0.3 is 5.97 Å². The molecule has 1 aliphatic rings. The van der Waals surface area contributed by atoms with Gasteiger partial charge in [0.2, 0.25) is 0 Å². The second kappa shape index (κ2) is 5.24. The molecule has 2 rings (SSSR count). The van der Waals surface area contributed by atoms with Crippen molar-refractivity contribution in [2.45, 2.75) is 25.3 Å². The van der Waals surface area contributed by atoms with E-state index in [-0.39, 0.29) is 17.1 Å². The van der Waals surface area contributed by atoms with Crippen LogP contribution in [-0.2, 0) is 10.7 Å². The van der Waals surface area contributed by atoms with Crippen molar-refractivity contribution in [1.82, 2.24) is 0 Å². The van der Waals surface area contributed by atoms with Crippen LogP contribution in [0.25, 0.3) is 0 Å². The smallest absolute Gasteiger partial charge is 0.325 e. The van der Waals surface area contributed by atoms with Gasteiger partial charge in [-0.1, -0.05) is 0 Å². The first kappa shape index (κ1) is 14.5. The van der Waals surface area contributed by atoms with Crippen molar-refractivity contribution in [3.63, 3.8) is 0 Å². The second-order valence-corrected chi connectivity index (χ2v) is 4.64. The normalized spacial score (nSPS) is 16.4. The van der Waals surface area contributed by atoms with Gasteiger partial charge in [-0.3, -0.25) is 4.79 Å². The minimum atomic E-state index is -3.23. The van der Waals surface area contributed by atoms with Crippen molar-refractivity contribution in [1.29, 1.82) is 0 Å². The number of benzene rings is 1. The lowest BCUT2D eigenvalue weighted by Gasteiger charge is -2.20. The van der Waals surface area contributed by atoms with Crippen LogP contribution in [0, 0.1) is 0 Å². The van der Waals surface area contributed by atoms with E-state index >= 15 is 0 Å². The van der Waals surface area contributed by atoms with Gasteiger partial charge in [0.25, 0.3) is 5.92 Å². The number of carboxylic acids is 1. The minimum absolute atomic E-state index is 0.172. The Morgan fingerprint density at radius 2 is 1.90 bits per heavy atom. The van der Waals surface area contributed by atoms with Gasteiger partial charge in [-0.25, -0.2) is 8.78 Å². The summed E-state index contributed by atoms with van der Waals surface area (Å²) in [5.41, 5.74) is 4.84. The number of nitrogens with two attached hydrogens (primary N) is 1. The zero-order valence-electron chi connectivity index (χ0n) is 10.9.